The third-order valence-electron chi connectivity index (χ3n) is 2.92. The number of nitrogens with one attached hydrogen (secondary N) is 1. The fraction of sp³-hybridized carbons (Fsp3) is 0.188. The zero-order chi connectivity index (χ0) is 16.7. The highest BCUT2D eigenvalue weighted by molar-refractivity contribution is 5.68. The van der Waals surface area contributed by atoms with E-state index in [-0.39, 0.29) is 6.54 Å². The van der Waals surface area contributed by atoms with Crippen molar-refractivity contribution in [1.29, 1.82) is 0 Å². The first kappa shape index (κ1) is 16.3. The van der Waals surface area contributed by atoms with Gasteiger partial charge in [0.05, 0.1) is 12.8 Å². The maximum atomic E-state index is 10.5. The van der Waals surface area contributed by atoms with Gasteiger partial charge in [0.2, 0.25) is 0 Å². The SMILES string of the molecule is COc1ccc(Nc2ccc(N=NN(C)CC(=O)O)cc2)cc1. The van der Waals surface area contributed by atoms with Gasteiger partial charge in [-0.05, 0) is 48.5 Å². The van der Waals surface area contributed by atoms with Gasteiger partial charge in [0.25, 0.3) is 0 Å². The van der Waals surface area contributed by atoms with E-state index in [1.807, 2.05) is 36.4 Å². The van der Waals surface area contributed by atoms with E-state index in [1.54, 1.807) is 26.3 Å². The molecule has 0 aliphatic heterocycles. The number of aliphatic carboxylic acids is 1. The molecule has 2 N–H and O–H groups in total. The minimum Gasteiger partial charge on any atom is -0.497 e. The number of hydrogen-bond acceptors (Lipinski definition) is 5. The summed E-state index contributed by atoms with van der Waals surface area (Å²) in [5, 5.41) is 20.9. The van der Waals surface area contributed by atoms with Crippen LogP contribution in [0.15, 0.2) is 58.9 Å². The van der Waals surface area contributed by atoms with Crippen molar-refractivity contribution in [1.82, 2.24) is 5.01 Å². The Morgan fingerprint density at radius 1 is 1.13 bits per heavy atom. The smallest absolute Gasteiger partial charge is 0.324 e. The van der Waals surface area contributed by atoms with Gasteiger partial charge < -0.3 is 15.2 Å². The van der Waals surface area contributed by atoms with Gasteiger partial charge in [-0.25, -0.2) is 0 Å². The van der Waals surface area contributed by atoms with E-state index in [1.165, 1.54) is 5.01 Å². The van der Waals surface area contributed by atoms with Crippen LogP contribution in [0.4, 0.5) is 17.1 Å². The van der Waals surface area contributed by atoms with Crippen molar-refractivity contribution >= 4 is 23.0 Å². The summed E-state index contributed by atoms with van der Waals surface area (Å²) in [5.41, 5.74) is 2.50. The number of carboxylic acid groups (broad SMARTS) is 1. The number of ether oxygens (including phenoxy) is 1. The van der Waals surface area contributed by atoms with Crippen LogP contribution in [-0.2, 0) is 4.79 Å². The molecule has 0 atom stereocenters. The Hall–Kier alpha value is -3.09. The predicted octanol–water partition coefficient (Wildman–Crippen LogP) is 3.45. The van der Waals surface area contributed by atoms with Gasteiger partial charge >= 0.3 is 5.97 Å². The van der Waals surface area contributed by atoms with Gasteiger partial charge in [0, 0.05) is 18.4 Å². The molecule has 7 heteroatoms. The average Bonchev–Trinajstić information content (AvgIpc) is 2.54. The van der Waals surface area contributed by atoms with Crippen molar-refractivity contribution < 1.29 is 14.6 Å². The molecule has 0 bridgehead atoms. The molecule has 2 rings (SSSR count). The molecule has 0 saturated carbocycles. The van der Waals surface area contributed by atoms with Crippen LogP contribution in [0, 0.1) is 0 Å². The largest absolute Gasteiger partial charge is 0.497 e. The Morgan fingerprint density at radius 3 is 2.22 bits per heavy atom. The molecule has 0 fully saturated rings. The van der Waals surface area contributed by atoms with Crippen molar-refractivity contribution in [2.24, 2.45) is 10.3 Å². The molecule has 7 nitrogen and oxygen atoms in total. The van der Waals surface area contributed by atoms with E-state index in [9.17, 15) is 4.79 Å². The molecule has 2 aromatic carbocycles. The standard InChI is InChI=1S/C16H18N4O3/c1-20(11-16(21)22)19-18-14-5-3-12(4-6-14)17-13-7-9-15(23-2)10-8-13/h3-10,17H,11H2,1-2H3,(H,21,22). The average molecular weight is 314 g/mol. The van der Waals surface area contributed by atoms with Gasteiger partial charge in [0.15, 0.2) is 0 Å². The molecule has 0 aliphatic rings. The van der Waals surface area contributed by atoms with Gasteiger partial charge in [0.1, 0.15) is 12.3 Å². The second kappa shape index (κ2) is 7.79. The molecule has 23 heavy (non-hydrogen) atoms. The normalized spacial score (nSPS) is 10.5. The summed E-state index contributed by atoms with van der Waals surface area (Å²) in [5.74, 6) is -0.151. The molecule has 0 spiro atoms. The quantitative estimate of drug-likeness (QED) is 0.604. The highest BCUT2D eigenvalue weighted by Gasteiger charge is 2.01. The molecule has 120 valence electrons. The van der Waals surface area contributed by atoms with Crippen LogP contribution in [0.25, 0.3) is 0 Å². The summed E-state index contributed by atoms with van der Waals surface area (Å²) in [7, 11) is 3.18. The van der Waals surface area contributed by atoms with Gasteiger partial charge in [-0.3, -0.25) is 9.80 Å². The van der Waals surface area contributed by atoms with E-state index in [4.69, 9.17) is 9.84 Å². The molecule has 0 radical (unpaired) electrons. The topological polar surface area (TPSA) is 86.5 Å². The first-order valence-corrected chi connectivity index (χ1v) is 6.92. The Labute approximate surface area is 134 Å². The fourth-order valence-electron chi connectivity index (χ4n) is 1.81. The summed E-state index contributed by atoms with van der Waals surface area (Å²) >= 11 is 0. The highest BCUT2D eigenvalue weighted by Crippen LogP contribution is 2.22. The Kier molecular flexibility index (Phi) is 5.51. The lowest BCUT2D eigenvalue weighted by Gasteiger charge is -2.08. The molecule has 0 aliphatic carbocycles. The third kappa shape index (κ3) is 5.31. The summed E-state index contributed by atoms with van der Waals surface area (Å²) in [4.78, 5) is 10.5. The number of likely N-dealkylation sites (N-methyl/N-ethyl adjacent to an activating group) is 1. The monoisotopic (exact) mass is 314 g/mol. The van der Waals surface area contributed by atoms with Crippen LogP contribution in [0.5, 0.6) is 5.75 Å². The summed E-state index contributed by atoms with van der Waals surface area (Å²) in [6.07, 6.45) is 0. The van der Waals surface area contributed by atoms with Crippen molar-refractivity contribution in [2.45, 2.75) is 0 Å². The maximum Gasteiger partial charge on any atom is 0.324 e. The van der Waals surface area contributed by atoms with Gasteiger partial charge in [-0.2, -0.15) is 0 Å². The lowest BCUT2D eigenvalue weighted by atomic mass is 10.2. The Bertz CT molecular complexity index is 669. The number of rotatable bonds is 7. The number of hydrogen-bond donors (Lipinski definition) is 2. The first-order valence-electron chi connectivity index (χ1n) is 6.92. The van der Waals surface area contributed by atoms with Crippen molar-refractivity contribution in [3.8, 4) is 5.75 Å². The fourth-order valence-corrected chi connectivity index (χ4v) is 1.81. The van der Waals surface area contributed by atoms with E-state index < -0.39 is 5.97 Å². The lowest BCUT2D eigenvalue weighted by molar-refractivity contribution is -0.138. The number of benzene rings is 2. The second-order valence-electron chi connectivity index (χ2n) is 4.80. The van der Waals surface area contributed by atoms with Crippen LogP contribution in [-0.4, -0.2) is 36.8 Å². The molecular weight excluding hydrogens is 296 g/mol. The van der Waals surface area contributed by atoms with E-state index in [0.29, 0.717) is 5.69 Å². The molecule has 0 amide bonds. The van der Waals surface area contributed by atoms with E-state index in [2.05, 4.69) is 15.7 Å². The van der Waals surface area contributed by atoms with Crippen LogP contribution >= 0.6 is 0 Å². The zero-order valence-corrected chi connectivity index (χ0v) is 12.9. The maximum absolute atomic E-state index is 10.5. The van der Waals surface area contributed by atoms with Crippen molar-refractivity contribution in [3.63, 3.8) is 0 Å². The third-order valence-corrected chi connectivity index (χ3v) is 2.92. The minimum absolute atomic E-state index is 0.194. The van der Waals surface area contributed by atoms with Crippen LogP contribution in [0.1, 0.15) is 0 Å². The van der Waals surface area contributed by atoms with Crippen molar-refractivity contribution in [3.05, 3.63) is 48.5 Å². The number of anilines is 2. The summed E-state index contributed by atoms with van der Waals surface area (Å²) < 4.78 is 5.11. The van der Waals surface area contributed by atoms with Crippen LogP contribution in [0.2, 0.25) is 0 Å². The number of carbonyl (C=O) groups is 1. The first-order chi connectivity index (χ1) is 11.1. The van der Waals surface area contributed by atoms with Gasteiger partial charge in [-0.1, -0.05) is 5.22 Å². The molecule has 0 unspecified atom stereocenters. The minimum atomic E-state index is -0.953. The van der Waals surface area contributed by atoms with Gasteiger partial charge in [-0.15, -0.1) is 5.11 Å². The summed E-state index contributed by atoms with van der Waals surface area (Å²) in [6.45, 7) is -0.194. The van der Waals surface area contributed by atoms with Crippen LogP contribution < -0.4 is 10.1 Å². The lowest BCUT2D eigenvalue weighted by Crippen LogP contribution is -2.19. The molecule has 2 aromatic rings. The second-order valence-corrected chi connectivity index (χ2v) is 4.80. The Balaban J connectivity index is 1.95. The Morgan fingerprint density at radius 2 is 1.70 bits per heavy atom. The summed E-state index contributed by atoms with van der Waals surface area (Å²) in [6, 6.07) is 14.9. The van der Waals surface area contributed by atoms with E-state index >= 15 is 0 Å². The van der Waals surface area contributed by atoms with Crippen LogP contribution in [0.3, 0.4) is 0 Å². The zero-order valence-electron chi connectivity index (χ0n) is 12.9. The van der Waals surface area contributed by atoms with E-state index in [0.717, 1.165) is 17.1 Å². The number of nitrogens with zero attached hydrogens (tertiary/aromatic N) is 3. The number of methoxy groups -OCH3 is 1. The highest BCUT2D eigenvalue weighted by atomic mass is 16.5. The number of carboxylic acids is 1. The molecule has 0 heterocycles. The molecule has 0 aromatic heterocycles. The molecular formula is C16H18N4O3. The van der Waals surface area contributed by atoms with Crippen molar-refractivity contribution in [2.75, 3.05) is 26.0 Å². The molecule has 0 saturated heterocycles. The predicted molar refractivity (Wildman–Crippen MR) is 87.5 cm³/mol.